The van der Waals surface area contributed by atoms with Gasteiger partial charge in [0.15, 0.2) is 11.7 Å². The molecule has 5 nitrogen and oxygen atoms in total. The number of hydrogen-bond donors (Lipinski definition) is 3. The molecule has 2 rings (SSSR count). The van der Waals surface area contributed by atoms with E-state index in [0.717, 1.165) is 24.2 Å². The number of nitrogens with zero attached hydrogens (tertiary/aromatic N) is 2. The van der Waals surface area contributed by atoms with Crippen molar-refractivity contribution in [3.05, 3.63) is 35.9 Å². The van der Waals surface area contributed by atoms with Crippen LogP contribution in [0.4, 0.5) is 0 Å². The van der Waals surface area contributed by atoms with Crippen molar-refractivity contribution in [3.8, 4) is 0 Å². The van der Waals surface area contributed by atoms with Gasteiger partial charge < -0.3 is 10.6 Å². The molecule has 3 atom stereocenters. The minimum absolute atomic E-state index is 0.190. The van der Waals surface area contributed by atoms with Crippen LogP contribution in [0.5, 0.6) is 0 Å². The predicted octanol–water partition coefficient (Wildman–Crippen LogP) is 2.44. The molecule has 0 fully saturated rings. The normalized spacial score (nSPS) is 25.9. The van der Waals surface area contributed by atoms with E-state index in [9.17, 15) is 0 Å². The van der Waals surface area contributed by atoms with Gasteiger partial charge in [-0.05, 0) is 19.8 Å². The fourth-order valence-corrected chi connectivity index (χ4v) is 2.23. The summed E-state index contributed by atoms with van der Waals surface area (Å²) in [6.07, 6.45) is 1.91. The van der Waals surface area contributed by atoms with E-state index in [1.807, 2.05) is 30.3 Å². The quantitative estimate of drug-likeness (QED) is 0.782. The molecule has 0 aromatic heterocycles. The highest BCUT2D eigenvalue weighted by atomic mass is 15.4. The van der Waals surface area contributed by atoms with E-state index in [2.05, 4.69) is 43.3 Å². The number of nitrogens with one attached hydrogen (secondary N) is 2. The molecule has 0 saturated heterocycles. The number of amidine groups is 1. The smallest absolute Gasteiger partial charge is 0.200 e. The molecule has 0 amide bonds. The van der Waals surface area contributed by atoms with Crippen LogP contribution >= 0.6 is 0 Å². The average molecular weight is 301 g/mol. The Bertz CT molecular complexity index is 551. The summed E-state index contributed by atoms with van der Waals surface area (Å²) in [5.74, 6) is 0.822. The summed E-state index contributed by atoms with van der Waals surface area (Å²) in [4.78, 5) is 9.41. The Morgan fingerprint density at radius 1 is 1.18 bits per heavy atom. The Balaban J connectivity index is 2.40. The van der Waals surface area contributed by atoms with Crippen LogP contribution in [0.3, 0.4) is 0 Å². The molecule has 0 bridgehead atoms. The topological polar surface area (TPSA) is 74.8 Å². The van der Waals surface area contributed by atoms with Crippen molar-refractivity contribution in [2.45, 2.75) is 52.4 Å². The maximum atomic E-state index is 6.53. The van der Waals surface area contributed by atoms with Crippen molar-refractivity contribution in [2.24, 2.45) is 21.6 Å². The molecule has 1 aromatic carbocycles. The summed E-state index contributed by atoms with van der Waals surface area (Å²) in [6, 6.07) is 10.3. The van der Waals surface area contributed by atoms with Crippen molar-refractivity contribution >= 4 is 11.8 Å². The zero-order valence-corrected chi connectivity index (χ0v) is 13.9. The molecule has 0 radical (unpaired) electrons. The lowest BCUT2D eigenvalue weighted by Crippen LogP contribution is -2.66. The van der Waals surface area contributed by atoms with E-state index in [1.165, 1.54) is 0 Å². The molecular weight excluding hydrogens is 274 g/mol. The molecular formula is C17H27N5. The number of benzene rings is 1. The van der Waals surface area contributed by atoms with E-state index in [0.29, 0.717) is 5.96 Å². The minimum Gasteiger partial charge on any atom is -0.319 e. The molecule has 0 saturated carbocycles. The zero-order valence-electron chi connectivity index (χ0n) is 13.9. The van der Waals surface area contributed by atoms with E-state index >= 15 is 0 Å². The minimum atomic E-state index is -0.836. The zero-order chi connectivity index (χ0) is 16.2. The van der Waals surface area contributed by atoms with Crippen LogP contribution in [0, 0.1) is 5.92 Å². The molecule has 22 heavy (non-hydrogen) atoms. The monoisotopic (exact) mass is 301 g/mol. The van der Waals surface area contributed by atoms with E-state index in [-0.39, 0.29) is 12.0 Å². The number of nitrogens with two attached hydrogens (primary N) is 1. The third kappa shape index (κ3) is 3.65. The predicted molar refractivity (Wildman–Crippen MR) is 92.8 cm³/mol. The fraction of sp³-hybridized carbons (Fsp3) is 0.529. The lowest BCUT2D eigenvalue weighted by molar-refractivity contribution is 0.263. The van der Waals surface area contributed by atoms with Gasteiger partial charge in [0.25, 0.3) is 0 Å². The lowest BCUT2D eigenvalue weighted by Gasteiger charge is -2.38. The molecule has 1 aliphatic rings. The molecule has 0 spiro atoms. The second-order valence-electron chi connectivity index (χ2n) is 5.95. The Morgan fingerprint density at radius 3 is 2.45 bits per heavy atom. The average Bonchev–Trinajstić information content (AvgIpc) is 2.54. The number of aliphatic imine (C=N–C) groups is 2. The van der Waals surface area contributed by atoms with Gasteiger partial charge in [0.05, 0.1) is 6.04 Å². The molecule has 1 heterocycles. The fourth-order valence-electron chi connectivity index (χ4n) is 2.23. The van der Waals surface area contributed by atoms with Gasteiger partial charge in [0, 0.05) is 11.5 Å². The molecule has 1 aromatic rings. The van der Waals surface area contributed by atoms with Crippen molar-refractivity contribution in [3.63, 3.8) is 0 Å². The highest BCUT2D eigenvalue weighted by molar-refractivity contribution is 6.10. The largest absolute Gasteiger partial charge is 0.319 e. The van der Waals surface area contributed by atoms with Crippen LogP contribution in [0.2, 0.25) is 0 Å². The summed E-state index contributed by atoms with van der Waals surface area (Å²) in [5, 5.41) is 6.55. The summed E-state index contributed by atoms with van der Waals surface area (Å²) < 4.78 is 0. The first-order valence-electron chi connectivity index (χ1n) is 8.05. The maximum Gasteiger partial charge on any atom is 0.200 e. The van der Waals surface area contributed by atoms with E-state index in [1.54, 1.807) is 0 Å². The van der Waals surface area contributed by atoms with Gasteiger partial charge in [-0.1, -0.05) is 51.1 Å². The van der Waals surface area contributed by atoms with Gasteiger partial charge in [-0.2, -0.15) is 0 Å². The van der Waals surface area contributed by atoms with Crippen LogP contribution in [-0.4, -0.2) is 23.6 Å². The van der Waals surface area contributed by atoms with Crippen LogP contribution in [0.25, 0.3) is 0 Å². The van der Waals surface area contributed by atoms with Crippen molar-refractivity contribution < 1.29 is 0 Å². The highest BCUT2D eigenvalue weighted by Crippen LogP contribution is 2.20. The first-order valence-corrected chi connectivity index (χ1v) is 8.05. The number of guanidine groups is 1. The molecule has 120 valence electrons. The first-order chi connectivity index (χ1) is 10.5. The Labute approximate surface area is 133 Å². The van der Waals surface area contributed by atoms with Gasteiger partial charge in [0.1, 0.15) is 5.84 Å². The van der Waals surface area contributed by atoms with Crippen LogP contribution in [0.1, 0.15) is 46.1 Å². The van der Waals surface area contributed by atoms with Gasteiger partial charge in [-0.25, -0.2) is 9.98 Å². The van der Waals surface area contributed by atoms with E-state index < -0.39 is 5.79 Å². The van der Waals surface area contributed by atoms with Crippen molar-refractivity contribution in [1.29, 1.82) is 0 Å². The van der Waals surface area contributed by atoms with Crippen molar-refractivity contribution in [1.82, 2.24) is 10.6 Å². The van der Waals surface area contributed by atoms with Crippen molar-refractivity contribution in [2.75, 3.05) is 0 Å². The van der Waals surface area contributed by atoms with Gasteiger partial charge in [-0.15, -0.1) is 0 Å². The highest BCUT2D eigenvalue weighted by Gasteiger charge is 2.35. The first kappa shape index (κ1) is 16.5. The third-order valence-corrected chi connectivity index (χ3v) is 4.20. The molecule has 3 unspecified atom stereocenters. The summed E-state index contributed by atoms with van der Waals surface area (Å²) in [7, 11) is 0. The number of rotatable bonds is 5. The molecule has 0 aliphatic carbocycles. The molecule has 4 N–H and O–H groups in total. The van der Waals surface area contributed by atoms with Crippen LogP contribution < -0.4 is 16.4 Å². The molecule has 5 heteroatoms. The van der Waals surface area contributed by atoms with Crippen LogP contribution in [-0.2, 0) is 0 Å². The van der Waals surface area contributed by atoms with Gasteiger partial charge in [0.2, 0.25) is 0 Å². The maximum absolute atomic E-state index is 6.53. The summed E-state index contributed by atoms with van der Waals surface area (Å²) in [5.41, 5.74) is 7.54. The Morgan fingerprint density at radius 2 is 1.86 bits per heavy atom. The standard InChI is InChI=1S/C17H27N5/c1-5-12(3)17(18)21-15(14-10-8-7-9-11-14)20-16(22-17)19-13(4)6-2/h7-13H,5-6,18H2,1-4H3,(H2,19,20,21,22). The second kappa shape index (κ2) is 6.92. The Hall–Kier alpha value is -1.88. The van der Waals surface area contributed by atoms with Gasteiger partial charge >= 0.3 is 0 Å². The van der Waals surface area contributed by atoms with Gasteiger partial charge in [-0.3, -0.25) is 5.73 Å². The van der Waals surface area contributed by atoms with Crippen LogP contribution in [0.15, 0.2) is 40.3 Å². The van der Waals surface area contributed by atoms with E-state index in [4.69, 9.17) is 10.7 Å². The third-order valence-electron chi connectivity index (χ3n) is 4.20. The summed E-state index contributed by atoms with van der Waals surface area (Å²) in [6.45, 7) is 8.43. The Kier molecular flexibility index (Phi) is 5.19. The SMILES string of the molecule is CCC(C)N=C1NC(c2ccccc2)=NC(N)(C(C)CC)N1. The second-order valence-corrected chi connectivity index (χ2v) is 5.95. The lowest BCUT2D eigenvalue weighted by atomic mass is 9.99. The number of hydrogen-bond acceptors (Lipinski definition) is 3. The summed E-state index contributed by atoms with van der Waals surface area (Å²) >= 11 is 0. The molecule has 1 aliphatic heterocycles.